The van der Waals surface area contributed by atoms with E-state index < -0.39 is 0 Å². The quantitative estimate of drug-likeness (QED) is 0.386. The molecule has 3 aromatic rings. The van der Waals surface area contributed by atoms with Gasteiger partial charge in [-0.05, 0) is 75.9 Å². The Morgan fingerprint density at radius 2 is 1.81 bits per heavy atom. The SMILES string of the molecule is CCOc1cc(C(=O)N2CCCCC2)ccc1Nc1cc(N(C)c2ccccc2C(C)=O)c(C)cn1. The van der Waals surface area contributed by atoms with E-state index in [0.717, 1.165) is 48.6 Å². The molecule has 1 saturated heterocycles. The van der Waals surface area contributed by atoms with Crippen molar-refractivity contribution in [3.05, 3.63) is 71.4 Å². The smallest absolute Gasteiger partial charge is 0.253 e. The van der Waals surface area contributed by atoms with E-state index in [2.05, 4.69) is 10.3 Å². The zero-order valence-electron chi connectivity index (χ0n) is 21.5. The molecule has 1 aliphatic heterocycles. The van der Waals surface area contributed by atoms with Gasteiger partial charge in [-0.25, -0.2) is 4.98 Å². The highest BCUT2D eigenvalue weighted by Crippen LogP contribution is 2.34. The summed E-state index contributed by atoms with van der Waals surface area (Å²) in [5.74, 6) is 1.31. The molecule has 1 fully saturated rings. The number of carbonyl (C=O) groups is 2. The number of aryl methyl sites for hydroxylation is 1. The summed E-state index contributed by atoms with van der Waals surface area (Å²) in [4.78, 5) is 33.7. The molecular formula is C29H34N4O3. The number of ketones is 1. The number of benzene rings is 2. The Hall–Kier alpha value is -3.87. The molecule has 1 amide bonds. The lowest BCUT2D eigenvalue weighted by atomic mass is 10.1. The van der Waals surface area contributed by atoms with Crippen molar-refractivity contribution in [1.29, 1.82) is 0 Å². The number of likely N-dealkylation sites (tertiary alicyclic amines) is 1. The van der Waals surface area contributed by atoms with Crippen LogP contribution in [0.2, 0.25) is 0 Å². The number of hydrogen-bond donors (Lipinski definition) is 1. The summed E-state index contributed by atoms with van der Waals surface area (Å²) < 4.78 is 5.89. The van der Waals surface area contributed by atoms with Crippen LogP contribution in [0.1, 0.15) is 59.4 Å². The second-order valence-corrected chi connectivity index (χ2v) is 9.11. The summed E-state index contributed by atoms with van der Waals surface area (Å²) in [5.41, 5.74) is 4.77. The maximum absolute atomic E-state index is 13.0. The molecule has 1 aliphatic rings. The highest BCUT2D eigenvalue weighted by molar-refractivity contribution is 6.00. The predicted octanol–water partition coefficient (Wildman–Crippen LogP) is 6.13. The van der Waals surface area contributed by atoms with Crippen LogP contribution in [-0.2, 0) is 0 Å². The maximum atomic E-state index is 13.0. The fourth-order valence-electron chi connectivity index (χ4n) is 4.59. The monoisotopic (exact) mass is 486 g/mol. The molecule has 0 radical (unpaired) electrons. The van der Waals surface area contributed by atoms with E-state index in [0.29, 0.717) is 29.3 Å². The number of hydrogen-bond acceptors (Lipinski definition) is 6. The number of nitrogens with zero attached hydrogens (tertiary/aromatic N) is 3. The lowest BCUT2D eigenvalue weighted by Gasteiger charge is -2.27. The van der Waals surface area contributed by atoms with Crippen molar-refractivity contribution >= 4 is 34.6 Å². The van der Waals surface area contributed by atoms with Gasteiger partial charge in [-0.2, -0.15) is 0 Å². The molecular weight excluding hydrogens is 452 g/mol. The van der Waals surface area contributed by atoms with Gasteiger partial charge in [-0.1, -0.05) is 12.1 Å². The summed E-state index contributed by atoms with van der Waals surface area (Å²) >= 11 is 0. The molecule has 2 heterocycles. The summed E-state index contributed by atoms with van der Waals surface area (Å²) in [6, 6.07) is 15.1. The van der Waals surface area contributed by atoms with E-state index in [9.17, 15) is 9.59 Å². The fraction of sp³-hybridized carbons (Fsp3) is 0.345. The molecule has 0 spiro atoms. The van der Waals surface area contributed by atoms with Crippen LogP contribution in [0, 0.1) is 6.92 Å². The normalized spacial score (nSPS) is 13.3. The lowest BCUT2D eigenvalue weighted by molar-refractivity contribution is 0.0723. The number of ether oxygens (including phenoxy) is 1. The van der Waals surface area contributed by atoms with Gasteiger partial charge in [0.1, 0.15) is 11.6 Å². The first-order valence-electron chi connectivity index (χ1n) is 12.5. The van der Waals surface area contributed by atoms with Gasteiger partial charge in [-0.15, -0.1) is 0 Å². The summed E-state index contributed by atoms with van der Waals surface area (Å²) in [6.07, 6.45) is 5.09. The number of pyridine rings is 1. The molecule has 0 saturated carbocycles. The van der Waals surface area contributed by atoms with Crippen LogP contribution < -0.4 is 15.0 Å². The minimum absolute atomic E-state index is 0.0167. The molecule has 7 nitrogen and oxygen atoms in total. The Kier molecular flexibility index (Phi) is 7.88. The molecule has 4 rings (SSSR count). The first-order chi connectivity index (χ1) is 17.4. The zero-order chi connectivity index (χ0) is 25.7. The van der Waals surface area contributed by atoms with Crippen molar-refractivity contribution in [2.75, 3.05) is 37.0 Å². The van der Waals surface area contributed by atoms with Crippen LogP contribution in [0.5, 0.6) is 5.75 Å². The Balaban J connectivity index is 1.61. The van der Waals surface area contributed by atoms with Gasteiger partial charge >= 0.3 is 0 Å². The van der Waals surface area contributed by atoms with Crippen molar-refractivity contribution in [3.8, 4) is 5.75 Å². The van der Waals surface area contributed by atoms with Crippen LogP contribution in [0.4, 0.5) is 22.9 Å². The predicted molar refractivity (Wildman–Crippen MR) is 144 cm³/mol. The third kappa shape index (κ3) is 5.51. The Morgan fingerprint density at radius 3 is 2.53 bits per heavy atom. The van der Waals surface area contributed by atoms with Crippen molar-refractivity contribution in [2.45, 2.75) is 40.0 Å². The van der Waals surface area contributed by atoms with Gasteiger partial charge in [0.05, 0.1) is 18.0 Å². The standard InChI is InChI=1S/C29H34N4O3/c1-5-36-27-17-22(29(35)33-15-9-6-10-16-33)13-14-24(27)31-28-18-26(20(2)19-30-28)32(4)25-12-8-7-11-23(25)21(3)34/h7-8,11-14,17-19H,5-6,9-10,15-16H2,1-4H3,(H,30,31). The molecule has 0 aliphatic carbocycles. The average Bonchev–Trinajstić information content (AvgIpc) is 2.90. The van der Waals surface area contributed by atoms with Gasteiger partial charge in [0, 0.05) is 49.2 Å². The van der Waals surface area contributed by atoms with Gasteiger partial charge < -0.3 is 19.9 Å². The third-order valence-corrected chi connectivity index (χ3v) is 6.52. The van der Waals surface area contributed by atoms with E-state index in [1.54, 1.807) is 13.1 Å². The number of carbonyl (C=O) groups excluding carboxylic acids is 2. The summed E-state index contributed by atoms with van der Waals surface area (Å²) in [6.45, 7) is 7.58. The van der Waals surface area contributed by atoms with E-state index in [1.165, 1.54) is 6.42 Å². The molecule has 36 heavy (non-hydrogen) atoms. The summed E-state index contributed by atoms with van der Waals surface area (Å²) in [5, 5.41) is 3.36. The van der Waals surface area contributed by atoms with Crippen LogP contribution in [-0.4, -0.2) is 48.3 Å². The Morgan fingerprint density at radius 1 is 1.06 bits per heavy atom. The van der Waals surface area contributed by atoms with Crippen LogP contribution >= 0.6 is 0 Å². The van der Waals surface area contributed by atoms with Crippen LogP contribution in [0.3, 0.4) is 0 Å². The molecule has 0 atom stereocenters. The second kappa shape index (κ2) is 11.2. The number of Topliss-reactive ketones (excluding diaryl/α,β-unsaturated/α-hetero) is 1. The molecule has 188 valence electrons. The van der Waals surface area contributed by atoms with E-state index in [4.69, 9.17) is 4.74 Å². The number of piperidine rings is 1. The maximum Gasteiger partial charge on any atom is 0.253 e. The highest BCUT2D eigenvalue weighted by Gasteiger charge is 2.20. The van der Waals surface area contributed by atoms with Crippen molar-refractivity contribution in [2.24, 2.45) is 0 Å². The number of aromatic nitrogens is 1. The molecule has 0 unspecified atom stereocenters. The number of rotatable bonds is 8. The Bertz CT molecular complexity index is 1250. The van der Waals surface area contributed by atoms with Gasteiger partial charge in [0.25, 0.3) is 5.91 Å². The van der Waals surface area contributed by atoms with Gasteiger partial charge in [0.15, 0.2) is 5.78 Å². The van der Waals surface area contributed by atoms with Crippen LogP contribution in [0.15, 0.2) is 54.7 Å². The van der Waals surface area contributed by atoms with Gasteiger partial charge in [0.2, 0.25) is 0 Å². The number of amides is 1. The lowest BCUT2D eigenvalue weighted by Crippen LogP contribution is -2.35. The largest absolute Gasteiger partial charge is 0.492 e. The number of anilines is 4. The van der Waals surface area contributed by atoms with Crippen molar-refractivity contribution in [3.63, 3.8) is 0 Å². The first-order valence-corrected chi connectivity index (χ1v) is 12.5. The van der Waals surface area contributed by atoms with E-state index in [1.807, 2.05) is 79.2 Å². The second-order valence-electron chi connectivity index (χ2n) is 9.11. The highest BCUT2D eigenvalue weighted by atomic mass is 16.5. The fourth-order valence-corrected chi connectivity index (χ4v) is 4.59. The zero-order valence-corrected chi connectivity index (χ0v) is 21.5. The summed E-state index contributed by atoms with van der Waals surface area (Å²) in [7, 11) is 1.94. The van der Waals surface area contributed by atoms with Crippen molar-refractivity contribution in [1.82, 2.24) is 9.88 Å². The Labute approximate surface area is 213 Å². The molecule has 1 N–H and O–H groups in total. The average molecular weight is 487 g/mol. The van der Waals surface area contributed by atoms with Crippen LogP contribution in [0.25, 0.3) is 0 Å². The van der Waals surface area contributed by atoms with E-state index in [-0.39, 0.29) is 11.7 Å². The number of para-hydroxylation sites is 1. The van der Waals surface area contributed by atoms with E-state index >= 15 is 0 Å². The molecule has 0 bridgehead atoms. The van der Waals surface area contributed by atoms with Crippen molar-refractivity contribution < 1.29 is 14.3 Å². The van der Waals surface area contributed by atoms with Gasteiger partial charge in [-0.3, -0.25) is 9.59 Å². The molecule has 1 aromatic heterocycles. The molecule has 7 heteroatoms. The first kappa shape index (κ1) is 25.2. The topological polar surface area (TPSA) is 74.8 Å². The number of nitrogens with one attached hydrogen (secondary N) is 1. The molecule has 2 aromatic carbocycles. The minimum Gasteiger partial charge on any atom is -0.492 e. The minimum atomic E-state index is 0.0167. The third-order valence-electron chi connectivity index (χ3n) is 6.52.